The van der Waals surface area contributed by atoms with E-state index >= 15 is 0 Å². The molecule has 0 radical (unpaired) electrons. The van der Waals surface area contributed by atoms with E-state index in [1.807, 2.05) is 0 Å². The largest absolute Gasteiger partial charge is 0.422 e. The molecule has 0 unspecified atom stereocenters. The Morgan fingerprint density at radius 3 is 2.46 bits per heavy atom. The van der Waals surface area contributed by atoms with Crippen LogP contribution in [0.25, 0.3) is 11.0 Å². The average Bonchev–Trinajstić information content (AvgIpc) is 2.82. The summed E-state index contributed by atoms with van der Waals surface area (Å²) in [6, 6.07) is 13.7. The minimum Gasteiger partial charge on any atom is -0.422 e. The van der Waals surface area contributed by atoms with Crippen LogP contribution in [0.1, 0.15) is 20.7 Å². The predicted molar refractivity (Wildman–Crippen MR) is 91.5 cm³/mol. The molecule has 7 nitrogen and oxygen atoms in total. The van der Waals surface area contributed by atoms with E-state index in [-0.39, 0.29) is 16.0 Å². The van der Waals surface area contributed by atoms with E-state index in [2.05, 4.69) is 0 Å². The topological polar surface area (TPSA) is 102 Å². The molecular formula is C18H11NO6S. The normalized spacial score (nSPS) is 15.2. The number of carbonyl (C=O) groups is 2. The number of amides is 1. The number of carbonyl (C=O) groups excluding carboxylic acids is 2. The van der Waals surface area contributed by atoms with Gasteiger partial charge in [0.05, 0.1) is 5.56 Å². The maximum atomic E-state index is 12.5. The van der Waals surface area contributed by atoms with Crippen molar-refractivity contribution in [3.05, 3.63) is 76.1 Å². The van der Waals surface area contributed by atoms with Crippen LogP contribution in [0.3, 0.4) is 0 Å². The summed E-state index contributed by atoms with van der Waals surface area (Å²) < 4.78 is 30.6. The van der Waals surface area contributed by atoms with Gasteiger partial charge in [0.2, 0.25) is 0 Å². The molecule has 1 aromatic heterocycles. The van der Waals surface area contributed by atoms with Crippen molar-refractivity contribution in [1.82, 2.24) is 4.31 Å². The fourth-order valence-corrected chi connectivity index (χ4v) is 4.38. The van der Waals surface area contributed by atoms with Gasteiger partial charge < -0.3 is 4.42 Å². The Labute approximate surface area is 147 Å². The molecule has 8 heteroatoms. The van der Waals surface area contributed by atoms with E-state index in [1.165, 1.54) is 30.3 Å². The number of sulfonamides is 1. The molecular weight excluding hydrogens is 358 g/mol. The minimum atomic E-state index is -4.12. The van der Waals surface area contributed by atoms with Crippen molar-refractivity contribution < 1.29 is 22.4 Å². The second-order valence-electron chi connectivity index (χ2n) is 5.72. The molecule has 2 heterocycles. The highest BCUT2D eigenvalue weighted by atomic mass is 32.2. The van der Waals surface area contributed by atoms with E-state index in [0.29, 0.717) is 15.3 Å². The van der Waals surface area contributed by atoms with Crippen LogP contribution in [0.15, 0.2) is 68.7 Å². The summed E-state index contributed by atoms with van der Waals surface area (Å²) in [6.07, 6.45) is 0. The Bertz CT molecular complexity index is 1240. The maximum absolute atomic E-state index is 12.5. The Kier molecular flexibility index (Phi) is 3.52. The quantitative estimate of drug-likeness (QED) is 0.515. The highest BCUT2D eigenvalue weighted by Crippen LogP contribution is 2.29. The lowest BCUT2D eigenvalue weighted by atomic mass is 10.1. The van der Waals surface area contributed by atoms with Crippen LogP contribution < -0.4 is 5.63 Å². The van der Waals surface area contributed by atoms with Gasteiger partial charge in [-0.1, -0.05) is 30.3 Å². The molecule has 4 rings (SSSR count). The molecule has 1 amide bonds. The number of Topliss-reactive ketones (excluding diaryl/α,β-unsaturated/α-hetero) is 1. The van der Waals surface area contributed by atoms with Crippen molar-refractivity contribution in [1.29, 1.82) is 0 Å². The number of fused-ring (bicyclic) bond motifs is 2. The Morgan fingerprint density at radius 2 is 1.69 bits per heavy atom. The molecule has 0 saturated heterocycles. The summed E-state index contributed by atoms with van der Waals surface area (Å²) >= 11 is 0. The van der Waals surface area contributed by atoms with E-state index in [1.54, 1.807) is 24.3 Å². The van der Waals surface area contributed by atoms with Gasteiger partial charge in [0, 0.05) is 5.39 Å². The summed E-state index contributed by atoms with van der Waals surface area (Å²) in [5.41, 5.74) is -0.866. The third-order valence-corrected chi connectivity index (χ3v) is 5.93. The molecule has 0 spiro atoms. The van der Waals surface area contributed by atoms with Gasteiger partial charge in [-0.25, -0.2) is 17.5 Å². The lowest BCUT2D eigenvalue weighted by Gasteiger charge is -2.13. The van der Waals surface area contributed by atoms with Crippen molar-refractivity contribution in [2.45, 2.75) is 4.90 Å². The van der Waals surface area contributed by atoms with Crippen LogP contribution in [0.5, 0.6) is 0 Å². The second-order valence-corrected chi connectivity index (χ2v) is 7.55. The standard InChI is InChI=1S/C18H11NO6S/c20-14(13-9-11-5-1-3-7-15(11)25-18(13)22)10-19-17(21)12-6-2-4-8-16(12)26(19,23)24/h1-9H,10H2. The fourth-order valence-electron chi connectivity index (χ4n) is 2.86. The molecule has 2 aromatic carbocycles. The van der Waals surface area contributed by atoms with E-state index < -0.39 is 33.9 Å². The average molecular weight is 369 g/mol. The third-order valence-electron chi connectivity index (χ3n) is 4.14. The SMILES string of the molecule is O=C(CN1C(=O)c2ccccc2S1(=O)=O)c1cc2ccccc2oc1=O. The number of ketones is 1. The molecule has 1 aliphatic rings. The van der Waals surface area contributed by atoms with Crippen LogP contribution in [0.4, 0.5) is 0 Å². The lowest BCUT2D eigenvalue weighted by molar-refractivity contribution is 0.0819. The monoisotopic (exact) mass is 369 g/mol. The van der Waals surface area contributed by atoms with Gasteiger partial charge in [0.25, 0.3) is 15.9 Å². The van der Waals surface area contributed by atoms with Crippen molar-refractivity contribution in [3.8, 4) is 0 Å². The van der Waals surface area contributed by atoms with Gasteiger partial charge in [-0.3, -0.25) is 9.59 Å². The van der Waals surface area contributed by atoms with Crippen LogP contribution in [0, 0.1) is 0 Å². The van der Waals surface area contributed by atoms with Gasteiger partial charge >= 0.3 is 5.63 Å². The van der Waals surface area contributed by atoms with Crippen molar-refractivity contribution >= 4 is 32.7 Å². The van der Waals surface area contributed by atoms with Crippen LogP contribution in [-0.2, 0) is 10.0 Å². The zero-order valence-electron chi connectivity index (χ0n) is 13.2. The van der Waals surface area contributed by atoms with Crippen molar-refractivity contribution in [2.75, 3.05) is 6.54 Å². The first-order valence-electron chi connectivity index (χ1n) is 7.62. The van der Waals surface area contributed by atoms with Gasteiger partial charge in [0.1, 0.15) is 22.6 Å². The summed E-state index contributed by atoms with van der Waals surface area (Å²) in [7, 11) is -4.12. The number of para-hydroxylation sites is 1. The van der Waals surface area contributed by atoms with E-state index in [9.17, 15) is 22.8 Å². The third kappa shape index (κ3) is 2.34. The number of benzene rings is 2. The van der Waals surface area contributed by atoms with Gasteiger partial charge in [-0.2, -0.15) is 0 Å². The molecule has 1 aliphatic heterocycles. The highest BCUT2D eigenvalue weighted by Gasteiger charge is 2.42. The lowest BCUT2D eigenvalue weighted by Crippen LogP contribution is -2.36. The van der Waals surface area contributed by atoms with Gasteiger partial charge in [-0.05, 0) is 24.3 Å². The van der Waals surface area contributed by atoms with Crippen LogP contribution in [-0.4, -0.2) is 31.0 Å². The fraction of sp³-hybridized carbons (Fsp3) is 0.0556. The molecule has 130 valence electrons. The molecule has 0 atom stereocenters. The molecule has 0 fully saturated rings. The summed E-state index contributed by atoms with van der Waals surface area (Å²) in [6.45, 7) is -0.765. The van der Waals surface area contributed by atoms with E-state index in [0.717, 1.165) is 0 Å². The molecule has 26 heavy (non-hydrogen) atoms. The van der Waals surface area contributed by atoms with Crippen molar-refractivity contribution in [3.63, 3.8) is 0 Å². The number of nitrogens with zero attached hydrogens (tertiary/aromatic N) is 1. The summed E-state index contributed by atoms with van der Waals surface area (Å²) in [4.78, 5) is 36.8. The maximum Gasteiger partial charge on any atom is 0.347 e. The molecule has 3 aromatic rings. The second kappa shape index (κ2) is 5.63. The predicted octanol–water partition coefficient (Wildman–Crippen LogP) is 1.82. The summed E-state index contributed by atoms with van der Waals surface area (Å²) in [5.74, 6) is -1.60. The number of hydrogen-bond donors (Lipinski definition) is 0. The first-order chi connectivity index (χ1) is 12.4. The van der Waals surface area contributed by atoms with Crippen LogP contribution >= 0.6 is 0 Å². The highest BCUT2D eigenvalue weighted by molar-refractivity contribution is 7.90. The van der Waals surface area contributed by atoms with Crippen molar-refractivity contribution in [2.24, 2.45) is 0 Å². The zero-order chi connectivity index (χ0) is 18.5. The van der Waals surface area contributed by atoms with Crippen LogP contribution in [0.2, 0.25) is 0 Å². The molecule has 0 aliphatic carbocycles. The molecule has 0 bridgehead atoms. The summed E-state index contributed by atoms with van der Waals surface area (Å²) in [5, 5.41) is 0.523. The Hall–Kier alpha value is -3.26. The number of hydrogen-bond acceptors (Lipinski definition) is 6. The first-order valence-corrected chi connectivity index (χ1v) is 9.06. The minimum absolute atomic E-state index is 0.00541. The number of rotatable bonds is 3. The molecule has 0 N–H and O–H groups in total. The van der Waals surface area contributed by atoms with Gasteiger partial charge in [-0.15, -0.1) is 0 Å². The first kappa shape index (κ1) is 16.2. The Balaban J connectivity index is 1.73. The van der Waals surface area contributed by atoms with Gasteiger partial charge in [0.15, 0.2) is 5.78 Å². The Morgan fingerprint density at radius 1 is 1.00 bits per heavy atom. The molecule has 0 saturated carbocycles. The van der Waals surface area contributed by atoms with E-state index in [4.69, 9.17) is 4.42 Å². The smallest absolute Gasteiger partial charge is 0.347 e. The zero-order valence-corrected chi connectivity index (χ0v) is 14.0.